The second-order valence-corrected chi connectivity index (χ2v) is 5.92. The van der Waals surface area contributed by atoms with E-state index >= 15 is 0 Å². The van der Waals surface area contributed by atoms with E-state index in [4.69, 9.17) is 0 Å². The zero-order chi connectivity index (χ0) is 17.7. The van der Waals surface area contributed by atoms with Crippen molar-refractivity contribution in [3.8, 4) is 0 Å². The number of carbonyl (C=O) groups excluding carboxylic acids is 1. The fourth-order valence-corrected chi connectivity index (χ4v) is 2.43. The maximum atomic E-state index is 12.9. The van der Waals surface area contributed by atoms with Gasteiger partial charge in [0.2, 0.25) is 5.91 Å². The number of carbonyl (C=O) groups is 2. The molecule has 0 bridgehead atoms. The van der Waals surface area contributed by atoms with Gasteiger partial charge in [-0.05, 0) is 43.2 Å². The van der Waals surface area contributed by atoms with Crippen LogP contribution in [0.5, 0.6) is 0 Å². The summed E-state index contributed by atoms with van der Waals surface area (Å²) in [5.74, 6) is -3.38. The molecule has 0 saturated carbocycles. The summed E-state index contributed by atoms with van der Waals surface area (Å²) in [6.45, 7) is 3.54. The standard InChI is InChI=1S/C19H20FNO3/c1-12-3-5-14(6-4-12)11-17(19(23)24)13(2)18(22)21-16-9-7-15(20)8-10-16/h3-10,13,17H,11H2,1-2H3,(H,21,22)(H,23,24)/t13-,17-/m1/s1. The molecular weight excluding hydrogens is 309 g/mol. The summed E-state index contributed by atoms with van der Waals surface area (Å²) in [6.07, 6.45) is 0.271. The monoisotopic (exact) mass is 329 g/mol. The number of carboxylic acid groups (broad SMARTS) is 1. The molecule has 0 heterocycles. The smallest absolute Gasteiger partial charge is 0.307 e. The third-order valence-electron chi connectivity index (χ3n) is 4.02. The Kier molecular flexibility index (Phi) is 5.68. The van der Waals surface area contributed by atoms with Gasteiger partial charge in [0.1, 0.15) is 5.82 Å². The molecule has 0 aliphatic rings. The molecule has 0 radical (unpaired) electrons. The van der Waals surface area contributed by atoms with Crippen LogP contribution in [0.2, 0.25) is 0 Å². The van der Waals surface area contributed by atoms with Crippen molar-refractivity contribution in [2.24, 2.45) is 11.8 Å². The molecule has 0 spiro atoms. The van der Waals surface area contributed by atoms with Gasteiger partial charge in [-0.2, -0.15) is 0 Å². The number of aryl methyl sites for hydroxylation is 1. The summed E-state index contributed by atoms with van der Waals surface area (Å²) in [4.78, 5) is 23.9. The maximum Gasteiger partial charge on any atom is 0.307 e. The number of hydrogen-bond donors (Lipinski definition) is 2. The Morgan fingerprint density at radius 2 is 1.67 bits per heavy atom. The van der Waals surface area contributed by atoms with Crippen LogP contribution in [-0.4, -0.2) is 17.0 Å². The number of halogens is 1. The van der Waals surface area contributed by atoms with Crippen molar-refractivity contribution in [1.82, 2.24) is 0 Å². The molecule has 0 fully saturated rings. The second-order valence-electron chi connectivity index (χ2n) is 5.92. The van der Waals surface area contributed by atoms with E-state index in [-0.39, 0.29) is 6.42 Å². The average Bonchev–Trinajstić information content (AvgIpc) is 2.55. The molecule has 1 amide bonds. The molecule has 2 aromatic carbocycles. The predicted octanol–water partition coefficient (Wildman–Crippen LogP) is 3.65. The Morgan fingerprint density at radius 1 is 1.08 bits per heavy atom. The molecule has 126 valence electrons. The minimum absolute atomic E-state index is 0.271. The zero-order valence-corrected chi connectivity index (χ0v) is 13.6. The Morgan fingerprint density at radius 3 is 2.21 bits per heavy atom. The maximum absolute atomic E-state index is 12.9. The third-order valence-corrected chi connectivity index (χ3v) is 4.02. The minimum atomic E-state index is -1.02. The Bertz CT molecular complexity index is 710. The number of amides is 1. The van der Waals surface area contributed by atoms with Crippen LogP contribution in [0.15, 0.2) is 48.5 Å². The molecule has 4 nitrogen and oxygen atoms in total. The number of anilines is 1. The van der Waals surface area contributed by atoms with Crippen molar-refractivity contribution >= 4 is 17.6 Å². The first-order valence-corrected chi connectivity index (χ1v) is 7.71. The Balaban J connectivity index is 2.08. The first-order chi connectivity index (χ1) is 11.4. The van der Waals surface area contributed by atoms with E-state index in [0.717, 1.165) is 11.1 Å². The quantitative estimate of drug-likeness (QED) is 0.850. The first kappa shape index (κ1) is 17.7. The van der Waals surface area contributed by atoms with Gasteiger partial charge in [-0.15, -0.1) is 0 Å². The van der Waals surface area contributed by atoms with Crippen molar-refractivity contribution in [2.45, 2.75) is 20.3 Å². The lowest BCUT2D eigenvalue weighted by atomic mass is 9.87. The van der Waals surface area contributed by atoms with Gasteiger partial charge in [0, 0.05) is 11.6 Å². The molecule has 2 aromatic rings. The lowest BCUT2D eigenvalue weighted by Gasteiger charge is -2.20. The molecule has 0 saturated heterocycles. The highest BCUT2D eigenvalue weighted by molar-refractivity contribution is 5.94. The minimum Gasteiger partial charge on any atom is -0.481 e. The van der Waals surface area contributed by atoms with Crippen LogP contribution in [0.4, 0.5) is 10.1 Å². The van der Waals surface area contributed by atoms with Gasteiger partial charge in [0.15, 0.2) is 0 Å². The normalized spacial score (nSPS) is 13.1. The largest absolute Gasteiger partial charge is 0.481 e. The third kappa shape index (κ3) is 4.65. The number of carboxylic acids is 1. The topological polar surface area (TPSA) is 66.4 Å². The highest BCUT2D eigenvalue weighted by atomic mass is 19.1. The highest BCUT2D eigenvalue weighted by Gasteiger charge is 2.30. The lowest BCUT2D eigenvalue weighted by Crippen LogP contribution is -2.33. The first-order valence-electron chi connectivity index (χ1n) is 7.71. The van der Waals surface area contributed by atoms with Crippen LogP contribution in [0.3, 0.4) is 0 Å². The van der Waals surface area contributed by atoms with Gasteiger partial charge >= 0.3 is 5.97 Å². The molecule has 0 aliphatic carbocycles. The lowest BCUT2D eigenvalue weighted by molar-refractivity contribution is -0.145. The number of nitrogens with one attached hydrogen (secondary N) is 1. The van der Waals surface area contributed by atoms with Crippen molar-refractivity contribution in [3.05, 3.63) is 65.5 Å². The molecule has 2 N–H and O–H groups in total. The van der Waals surface area contributed by atoms with E-state index in [2.05, 4.69) is 5.32 Å². The van der Waals surface area contributed by atoms with Gasteiger partial charge < -0.3 is 10.4 Å². The molecule has 0 aromatic heterocycles. The van der Waals surface area contributed by atoms with E-state index in [9.17, 15) is 19.1 Å². The van der Waals surface area contributed by atoms with E-state index in [1.165, 1.54) is 24.3 Å². The van der Waals surface area contributed by atoms with Crippen molar-refractivity contribution in [3.63, 3.8) is 0 Å². The van der Waals surface area contributed by atoms with Gasteiger partial charge in [-0.25, -0.2) is 4.39 Å². The summed E-state index contributed by atoms with van der Waals surface area (Å²) in [5.41, 5.74) is 2.40. The van der Waals surface area contributed by atoms with Crippen LogP contribution >= 0.6 is 0 Å². The molecule has 2 atom stereocenters. The van der Waals surface area contributed by atoms with Gasteiger partial charge in [0.25, 0.3) is 0 Å². The van der Waals surface area contributed by atoms with Crippen LogP contribution in [0.1, 0.15) is 18.1 Å². The van der Waals surface area contributed by atoms with E-state index < -0.39 is 29.5 Å². The van der Waals surface area contributed by atoms with E-state index in [1.807, 2.05) is 31.2 Å². The second kappa shape index (κ2) is 7.73. The van der Waals surface area contributed by atoms with Crippen molar-refractivity contribution < 1.29 is 19.1 Å². The molecule has 24 heavy (non-hydrogen) atoms. The zero-order valence-electron chi connectivity index (χ0n) is 13.6. The van der Waals surface area contributed by atoms with Crippen LogP contribution in [-0.2, 0) is 16.0 Å². The summed E-state index contributed by atoms with van der Waals surface area (Å²) >= 11 is 0. The van der Waals surface area contributed by atoms with Crippen LogP contribution in [0, 0.1) is 24.6 Å². The van der Waals surface area contributed by atoms with Crippen molar-refractivity contribution in [1.29, 1.82) is 0 Å². The summed E-state index contributed by atoms with van der Waals surface area (Å²) in [7, 11) is 0. The number of aliphatic carboxylic acids is 1. The molecule has 0 aliphatic heterocycles. The van der Waals surface area contributed by atoms with Gasteiger partial charge in [0.05, 0.1) is 5.92 Å². The van der Waals surface area contributed by atoms with Gasteiger partial charge in [-0.1, -0.05) is 36.8 Å². The average molecular weight is 329 g/mol. The van der Waals surface area contributed by atoms with Crippen LogP contribution in [0.25, 0.3) is 0 Å². The van der Waals surface area contributed by atoms with Crippen molar-refractivity contribution in [2.75, 3.05) is 5.32 Å². The summed E-state index contributed by atoms with van der Waals surface area (Å²) < 4.78 is 12.9. The number of benzene rings is 2. The molecule has 0 unspecified atom stereocenters. The summed E-state index contributed by atoms with van der Waals surface area (Å²) in [6, 6.07) is 12.9. The Hall–Kier alpha value is -2.69. The van der Waals surface area contributed by atoms with E-state index in [0.29, 0.717) is 5.69 Å². The molecular formula is C19H20FNO3. The summed E-state index contributed by atoms with van der Waals surface area (Å²) in [5, 5.41) is 12.1. The van der Waals surface area contributed by atoms with Gasteiger partial charge in [-0.3, -0.25) is 9.59 Å². The number of rotatable bonds is 6. The SMILES string of the molecule is Cc1ccc(C[C@@H](C(=O)O)[C@@H](C)C(=O)Nc2ccc(F)cc2)cc1. The highest BCUT2D eigenvalue weighted by Crippen LogP contribution is 2.21. The predicted molar refractivity (Wildman–Crippen MR) is 90.2 cm³/mol. The van der Waals surface area contributed by atoms with E-state index in [1.54, 1.807) is 6.92 Å². The Labute approximate surface area is 140 Å². The molecule has 2 rings (SSSR count). The fourth-order valence-electron chi connectivity index (χ4n) is 2.43. The fraction of sp³-hybridized carbons (Fsp3) is 0.263. The molecule has 5 heteroatoms. The number of hydrogen-bond acceptors (Lipinski definition) is 2. The van der Waals surface area contributed by atoms with Crippen LogP contribution < -0.4 is 5.32 Å².